The minimum absolute atomic E-state index is 0.0395. The van der Waals surface area contributed by atoms with E-state index in [1.807, 2.05) is 30.3 Å². The molecule has 5 rings (SSSR count). The van der Waals surface area contributed by atoms with Crippen LogP contribution in [0.1, 0.15) is 50.1 Å². The zero-order chi connectivity index (χ0) is 31.0. The van der Waals surface area contributed by atoms with E-state index in [0.717, 1.165) is 0 Å². The van der Waals surface area contributed by atoms with Gasteiger partial charge in [-0.2, -0.15) is 47.4 Å². The molecule has 0 N–H and O–H groups in total. The maximum Gasteiger partial charge on any atom is 0.138 e. The van der Waals surface area contributed by atoms with Gasteiger partial charge in [0.25, 0.3) is 0 Å². The Labute approximate surface area is 243 Å². The topological polar surface area (TPSA) is 214 Å². The number of fused-ring (bicyclic) bond motifs is 4. The third-order valence-electron chi connectivity index (χ3n) is 7.12. The summed E-state index contributed by atoms with van der Waals surface area (Å²) in [7, 11) is 0. The third-order valence-corrected chi connectivity index (χ3v) is 7.12. The van der Waals surface area contributed by atoms with E-state index in [2.05, 4.69) is 0 Å². The predicted octanol–water partition coefficient (Wildman–Crippen LogP) is 5.39. The smallest absolute Gasteiger partial charge is 0.138 e. The number of hydrogen-bond donors (Lipinski definition) is 0. The summed E-state index contributed by atoms with van der Waals surface area (Å²) < 4.78 is 14.3. The second-order valence-corrected chi connectivity index (χ2v) is 8.96. The molecule has 0 aliphatic heterocycles. The van der Waals surface area contributed by atoms with Gasteiger partial charge in [0.15, 0.2) is 0 Å². The number of nitriles is 9. The Kier molecular flexibility index (Phi) is 6.28. The summed E-state index contributed by atoms with van der Waals surface area (Å²) in [5.41, 5.74) is -1.35. The minimum Gasteiger partial charge on any atom is -0.207 e. The molecular weight excluding hydrogens is 541 g/mol. The molecule has 43 heavy (non-hydrogen) atoms. The number of benzene rings is 3. The number of halogens is 1. The van der Waals surface area contributed by atoms with E-state index in [1.165, 1.54) is 30.3 Å². The maximum absolute atomic E-state index is 14.3. The zero-order valence-corrected chi connectivity index (χ0v) is 21.4. The second-order valence-electron chi connectivity index (χ2n) is 8.96. The zero-order valence-electron chi connectivity index (χ0n) is 21.4. The van der Waals surface area contributed by atoms with Crippen LogP contribution in [0.3, 0.4) is 0 Å². The van der Waals surface area contributed by atoms with Crippen LogP contribution in [-0.2, 0) is 0 Å². The van der Waals surface area contributed by atoms with Crippen molar-refractivity contribution in [3.05, 3.63) is 103 Å². The van der Waals surface area contributed by atoms with Crippen molar-refractivity contribution in [2.24, 2.45) is 0 Å². The average molecular weight is 547 g/mol. The molecular formula is C33H6FN9. The van der Waals surface area contributed by atoms with Gasteiger partial charge in [0.05, 0.1) is 27.8 Å². The lowest BCUT2D eigenvalue weighted by molar-refractivity contribution is 0.627. The molecule has 2 aliphatic rings. The Hall–Kier alpha value is -7.78. The van der Waals surface area contributed by atoms with Gasteiger partial charge in [0.1, 0.15) is 71.6 Å². The van der Waals surface area contributed by atoms with Gasteiger partial charge < -0.3 is 0 Å². The van der Waals surface area contributed by atoms with Crippen LogP contribution in [0.25, 0.3) is 33.4 Å². The molecule has 0 amide bonds. The quantitative estimate of drug-likeness (QED) is 0.279. The summed E-state index contributed by atoms with van der Waals surface area (Å²) >= 11 is 0. The first-order valence-corrected chi connectivity index (χ1v) is 11.9. The summed E-state index contributed by atoms with van der Waals surface area (Å²) in [6.45, 7) is 0. The Morgan fingerprint density at radius 1 is 0.488 bits per heavy atom. The normalized spacial score (nSPS) is 11.4. The first-order chi connectivity index (χ1) is 20.9. The van der Waals surface area contributed by atoms with E-state index in [1.54, 1.807) is 30.3 Å². The van der Waals surface area contributed by atoms with Crippen LogP contribution in [-0.4, -0.2) is 0 Å². The SMILES string of the molecule is N#CC(C#N)=C1c2cc(F)ccc2-c2ccc(C3=C(C#N)c4c(C#N)c(C#N)c(C#N)c(C#N)c4C3=C(C#N)C#N)cc21. The molecule has 3 aromatic rings. The Bertz CT molecular complexity index is 2360. The van der Waals surface area contributed by atoms with E-state index in [-0.39, 0.29) is 55.7 Å². The first kappa shape index (κ1) is 26.8. The fourth-order valence-electron chi connectivity index (χ4n) is 5.51. The van der Waals surface area contributed by atoms with Crippen molar-refractivity contribution in [1.29, 1.82) is 47.4 Å². The highest BCUT2D eigenvalue weighted by molar-refractivity contribution is 6.27. The van der Waals surface area contributed by atoms with Crippen LogP contribution < -0.4 is 0 Å². The van der Waals surface area contributed by atoms with Crippen molar-refractivity contribution in [2.75, 3.05) is 0 Å². The molecule has 0 aromatic heterocycles. The Morgan fingerprint density at radius 2 is 0.977 bits per heavy atom. The van der Waals surface area contributed by atoms with E-state index in [4.69, 9.17) is 0 Å². The average Bonchev–Trinajstić information content (AvgIpc) is 3.53. The molecule has 2 aliphatic carbocycles. The monoisotopic (exact) mass is 547 g/mol. The standard InChI is InChI=1S/C33H6FN9/c34-19-2-4-21-20-3-1-16(5-22(20)29(23(21)6-19)17(7-35)8-36)30-28(15-43)32-26(13-41)24(11-39)25(12-40)27(14-42)33(32)31(30)18(9-37)10-38/h1-6H. The molecule has 9 nitrogen and oxygen atoms in total. The van der Waals surface area contributed by atoms with Crippen LogP contribution in [0.2, 0.25) is 0 Å². The van der Waals surface area contributed by atoms with Crippen LogP contribution in [0, 0.1) is 108 Å². The fraction of sp³-hybridized carbons (Fsp3) is 0. The fourth-order valence-corrected chi connectivity index (χ4v) is 5.51. The maximum atomic E-state index is 14.3. The van der Waals surface area contributed by atoms with Crippen molar-refractivity contribution in [3.63, 3.8) is 0 Å². The number of hydrogen-bond acceptors (Lipinski definition) is 9. The van der Waals surface area contributed by atoms with E-state index in [0.29, 0.717) is 16.7 Å². The lowest BCUT2D eigenvalue weighted by Gasteiger charge is -2.13. The number of allylic oxidation sites excluding steroid dienone is 5. The molecule has 0 unspecified atom stereocenters. The first-order valence-electron chi connectivity index (χ1n) is 11.9. The van der Waals surface area contributed by atoms with Crippen LogP contribution in [0.4, 0.5) is 4.39 Å². The van der Waals surface area contributed by atoms with Crippen LogP contribution in [0.5, 0.6) is 0 Å². The van der Waals surface area contributed by atoms with Gasteiger partial charge in [-0.3, -0.25) is 0 Å². The minimum atomic E-state index is -0.604. The van der Waals surface area contributed by atoms with Crippen molar-refractivity contribution < 1.29 is 4.39 Å². The Morgan fingerprint density at radius 3 is 1.49 bits per heavy atom. The molecule has 190 valence electrons. The van der Waals surface area contributed by atoms with Crippen molar-refractivity contribution in [1.82, 2.24) is 0 Å². The molecule has 0 saturated heterocycles. The molecule has 0 radical (unpaired) electrons. The second kappa shape index (κ2) is 10.1. The summed E-state index contributed by atoms with van der Waals surface area (Å²) in [5.74, 6) is -0.604. The molecule has 10 heteroatoms. The van der Waals surface area contributed by atoms with Gasteiger partial charge >= 0.3 is 0 Å². The molecule has 0 atom stereocenters. The number of nitrogens with zero attached hydrogens (tertiary/aromatic N) is 9. The van der Waals surface area contributed by atoms with Gasteiger partial charge in [0, 0.05) is 27.8 Å². The van der Waals surface area contributed by atoms with Gasteiger partial charge in [-0.1, -0.05) is 18.2 Å². The van der Waals surface area contributed by atoms with E-state index < -0.39 is 28.1 Å². The van der Waals surface area contributed by atoms with E-state index in [9.17, 15) is 51.7 Å². The predicted molar refractivity (Wildman–Crippen MR) is 145 cm³/mol. The molecule has 0 bridgehead atoms. The summed E-state index contributed by atoms with van der Waals surface area (Å²) in [6, 6.07) is 24.8. The van der Waals surface area contributed by atoms with Crippen molar-refractivity contribution in [2.45, 2.75) is 0 Å². The summed E-state index contributed by atoms with van der Waals surface area (Å²) in [5, 5.41) is 89.4. The lowest BCUT2D eigenvalue weighted by Crippen LogP contribution is -2.04. The summed E-state index contributed by atoms with van der Waals surface area (Å²) in [6.07, 6.45) is 0. The van der Waals surface area contributed by atoms with Crippen molar-refractivity contribution >= 4 is 22.3 Å². The Balaban J connectivity index is 1.99. The van der Waals surface area contributed by atoms with Crippen LogP contribution >= 0.6 is 0 Å². The molecule has 3 aromatic carbocycles. The lowest BCUT2D eigenvalue weighted by atomic mass is 9.85. The van der Waals surface area contributed by atoms with Gasteiger partial charge in [-0.05, 0) is 46.0 Å². The highest BCUT2D eigenvalue weighted by Gasteiger charge is 2.39. The molecule has 0 spiro atoms. The third kappa shape index (κ3) is 3.54. The van der Waals surface area contributed by atoms with Gasteiger partial charge in [-0.25, -0.2) is 4.39 Å². The largest absolute Gasteiger partial charge is 0.207 e. The molecule has 0 saturated carbocycles. The summed E-state index contributed by atoms with van der Waals surface area (Å²) in [4.78, 5) is 0. The number of rotatable bonds is 1. The highest BCUT2D eigenvalue weighted by Crippen LogP contribution is 2.53. The van der Waals surface area contributed by atoms with Gasteiger partial charge in [-0.15, -0.1) is 0 Å². The van der Waals surface area contributed by atoms with Crippen LogP contribution in [0.15, 0.2) is 47.5 Å². The van der Waals surface area contributed by atoms with E-state index >= 15 is 0 Å². The van der Waals surface area contributed by atoms with Crippen molar-refractivity contribution in [3.8, 4) is 65.7 Å². The van der Waals surface area contributed by atoms with Gasteiger partial charge in [0.2, 0.25) is 0 Å². The molecule has 0 heterocycles. The highest BCUT2D eigenvalue weighted by atomic mass is 19.1. The molecule has 0 fully saturated rings.